The summed E-state index contributed by atoms with van der Waals surface area (Å²) in [5, 5.41) is 4.73. The number of amides is 2. The number of urea groups is 1. The quantitative estimate of drug-likeness (QED) is 0.873. The number of nitrogens with one attached hydrogen (secondary N) is 2. The highest BCUT2D eigenvalue weighted by Gasteiger charge is 2.08. The zero-order valence-electron chi connectivity index (χ0n) is 10.1. The summed E-state index contributed by atoms with van der Waals surface area (Å²) in [4.78, 5) is 15.5. The molecule has 0 radical (unpaired) electrons. The van der Waals surface area contributed by atoms with E-state index >= 15 is 0 Å². The second kappa shape index (κ2) is 5.43. The third-order valence-corrected chi connectivity index (χ3v) is 2.34. The molecule has 98 valence electrons. The minimum Gasteiger partial charge on any atom is -0.305 e. The van der Waals surface area contributed by atoms with Crippen molar-refractivity contribution in [1.82, 2.24) is 4.98 Å². The van der Waals surface area contributed by atoms with Gasteiger partial charge in [-0.15, -0.1) is 0 Å². The maximum Gasteiger partial charge on any atom is 0.324 e. The lowest BCUT2D eigenvalue weighted by Gasteiger charge is -2.08. The summed E-state index contributed by atoms with van der Waals surface area (Å²) >= 11 is 0. The Balaban J connectivity index is 2.05. The summed E-state index contributed by atoms with van der Waals surface area (Å²) in [6, 6.07) is 5.70. The van der Waals surface area contributed by atoms with Gasteiger partial charge in [-0.05, 0) is 36.8 Å². The fraction of sp³-hybridized carbons (Fsp3) is 0.0769. The number of carbonyl (C=O) groups excluding carboxylic acids is 1. The first-order chi connectivity index (χ1) is 9.04. The first kappa shape index (κ1) is 12.9. The summed E-state index contributed by atoms with van der Waals surface area (Å²) in [6.07, 6.45) is 1.55. The van der Waals surface area contributed by atoms with Crippen LogP contribution in [0, 0.1) is 18.6 Å². The van der Waals surface area contributed by atoms with Gasteiger partial charge in [0.15, 0.2) is 0 Å². The zero-order valence-corrected chi connectivity index (χ0v) is 10.1. The van der Waals surface area contributed by atoms with Gasteiger partial charge in [-0.2, -0.15) is 0 Å². The molecule has 0 spiro atoms. The molecule has 0 aliphatic rings. The molecule has 0 aliphatic heterocycles. The molecule has 0 saturated heterocycles. The number of pyridine rings is 1. The fourth-order valence-electron chi connectivity index (χ4n) is 1.47. The van der Waals surface area contributed by atoms with E-state index in [2.05, 4.69) is 15.6 Å². The summed E-state index contributed by atoms with van der Waals surface area (Å²) < 4.78 is 26.0. The van der Waals surface area contributed by atoms with E-state index in [0.29, 0.717) is 11.9 Å². The van der Waals surface area contributed by atoms with Gasteiger partial charge in [0.2, 0.25) is 0 Å². The molecule has 6 heteroatoms. The van der Waals surface area contributed by atoms with E-state index in [1.807, 2.05) is 6.92 Å². The van der Waals surface area contributed by atoms with E-state index in [1.165, 1.54) is 0 Å². The van der Waals surface area contributed by atoms with Crippen LogP contribution in [0.3, 0.4) is 0 Å². The lowest BCUT2D eigenvalue weighted by molar-refractivity contribution is 0.262. The third kappa shape index (κ3) is 3.48. The lowest BCUT2D eigenvalue weighted by atomic mass is 10.3. The SMILES string of the molecule is Cc1ccnc(NC(=O)Nc2ccc(F)cc2F)c1. The smallest absolute Gasteiger partial charge is 0.305 e. The van der Waals surface area contributed by atoms with Crippen LogP contribution in [0.15, 0.2) is 36.5 Å². The van der Waals surface area contributed by atoms with Gasteiger partial charge in [0.1, 0.15) is 17.5 Å². The summed E-state index contributed by atoms with van der Waals surface area (Å²) in [6.45, 7) is 1.85. The molecule has 1 aromatic carbocycles. The Morgan fingerprint density at radius 1 is 1.16 bits per heavy atom. The van der Waals surface area contributed by atoms with Gasteiger partial charge >= 0.3 is 6.03 Å². The van der Waals surface area contributed by atoms with Crippen LogP contribution in [0.4, 0.5) is 25.1 Å². The zero-order chi connectivity index (χ0) is 13.8. The molecule has 2 rings (SSSR count). The molecule has 1 aromatic heterocycles. The maximum atomic E-state index is 13.3. The summed E-state index contributed by atoms with van der Waals surface area (Å²) in [5.41, 5.74) is 0.824. The van der Waals surface area contributed by atoms with Crippen molar-refractivity contribution in [2.24, 2.45) is 0 Å². The van der Waals surface area contributed by atoms with E-state index in [1.54, 1.807) is 18.3 Å². The molecule has 2 amide bonds. The van der Waals surface area contributed by atoms with Crippen LogP contribution in [-0.4, -0.2) is 11.0 Å². The first-order valence-electron chi connectivity index (χ1n) is 5.50. The van der Waals surface area contributed by atoms with E-state index in [0.717, 1.165) is 17.7 Å². The topological polar surface area (TPSA) is 54.0 Å². The van der Waals surface area contributed by atoms with Crippen LogP contribution in [0.1, 0.15) is 5.56 Å². The molecule has 2 aromatic rings. The summed E-state index contributed by atoms with van der Waals surface area (Å²) in [5.74, 6) is -1.20. The van der Waals surface area contributed by atoms with Crippen molar-refractivity contribution in [2.75, 3.05) is 10.6 Å². The molecule has 0 aliphatic carbocycles. The van der Waals surface area contributed by atoms with Gasteiger partial charge in [-0.25, -0.2) is 18.6 Å². The number of rotatable bonds is 2. The molecule has 0 bridgehead atoms. The molecule has 0 fully saturated rings. The molecule has 0 atom stereocenters. The van der Waals surface area contributed by atoms with Crippen LogP contribution in [-0.2, 0) is 0 Å². The highest BCUT2D eigenvalue weighted by molar-refractivity contribution is 5.99. The fourth-order valence-corrected chi connectivity index (χ4v) is 1.47. The second-order valence-electron chi connectivity index (χ2n) is 3.92. The number of benzene rings is 1. The Labute approximate surface area is 108 Å². The van der Waals surface area contributed by atoms with Gasteiger partial charge in [-0.3, -0.25) is 5.32 Å². The monoisotopic (exact) mass is 263 g/mol. The van der Waals surface area contributed by atoms with Crippen molar-refractivity contribution in [2.45, 2.75) is 6.92 Å². The van der Waals surface area contributed by atoms with Crippen LogP contribution < -0.4 is 10.6 Å². The van der Waals surface area contributed by atoms with Crippen LogP contribution >= 0.6 is 0 Å². The average molecular weight is 263 g/mol. The number of hydrogen-bond donors (Lipinski definition) is 2. The molecule has 2 N–H and O–H groups in total. The number of nitrogens with zero attached hydrogens (tertiary/aromatic N) is 1. The van der Waals surface area contributed by atoms with Gasteiger partial charge in [0, 0.05) is 12.3 Å². The Morgan fingerprint density at radius 2 is 1.95 bits per heavy atom. The molecular weight excluding hydrogens is 252 g/mol. The molecule has 0 saturated carbocycles. The highest BCUT2D eigenvalue weighted by Crippen LogP contribution is 2.15. The Bertz CT molecular complexity index is 617. The van der Waals surface area contributed by atoms with Crippen LogP contribution in [0.25, 0.3) is 0 Å². The lowest BCUT2D eigenvalue weighted by Crippen LogP contribution is -2.20. The van der Waals surface area contributed by atoms with Crippen LogP contribution in [0.2, 0.25) is 0 Å². The van der Waals surface area contributed by atoms with Gasteiger partial charge in [0.25, 0.3) is 0 Å². The standard InChI is InChI=1S/C13H11F2N3O/c1-8-4-5-16-12(6-8)18-13(19)17-11-3-2-9(14)7-10(11)15/h2-7H,1H3,(H2,16,17,18,19). The van der Waals surface area contributed by atoms with Crippen molar-refractivity contribution in [1.29, 1.82) is 0 Å². The average Bonchev–Trinajstić information content (AvgIpc) is 2.33. The predicted molar refractivity (Wildman–Crippen MR) is 68.0 cm³/mol. The number of aryl methyl sites for hydroxylation is 1. The Kier molecular flexibility index (Phi) is 3.70. The second-order valence-corrected chi connectivity index (χ2v) is 3.92. The summed E-state index contributed by atoms with van der Waals surface area (Å²) in [7, 11) is 0. The minimum atomic E-state index is -0.840. The highest BCUT2D eigenvalue weighted by atomic mass is 19.1. The molecule has 19 heavy (non-hydrogen) atoms. The van der Waals surface area contributed by atoms with Crippen molar-refractivity contribution in [3.05, 3.63) is 53.7 Å². The first-order valence-corrected chi connectivity index (χ1v) is 5.50. The molecule has 4 nitrogen and oxygen atoms in total. The van der Waals surface area contributed by atoms with E-state index in [9.17, 15) is 13.6 Å². The molecule has 1 heterocycles. The van der Waals surface area contributed by atoms with Crippen molar-refractivity contribution >= 4 is 17.5 Å². The van der Waals surface area contributed by atoms with Crippen LogP contribution in [0.5, 0.6) is 0 Å². The van der Waals surface area contributed by atoms with Gasteiger partial charge in [-0.1, -0.05) is 0 Å². The van der Waals surface area contributed by atoms with Crippen molar-refractivity contribution < 1.29 is 13.6 Å². The van der Waals surface area contributed by atoms with Crippen molar-refractivity contribution in [3.63, 3.8) is 0 Å². The molecule has 0 unspecified atom stereocenters. The van der Waals surface area contributed by atoms with Crippen molar-refractivity contribution in [3.8, 4) is 0 Å². The third-order valence-electron chi connectivity index (χ3n) is 2.34. The minimum absolute atomic E-state index is 0.105. The number of halogens is 2. The number of anilines is 2. The Hall–Kier alpha value is -2.50. The number of hydrogen-bond acceptors (Lipinski definition) is 2. The number of carbonyl (C=O) groups is 1. The van der Waals surface area contributed by atoms with E-state index in [-0.39, 0.29) is 5.69 Å². The largest absolute Gasteiger partial charge is 0.324 e. The van der Waals surface area contributed by atoms with Gasteiger partial charge in [0.05, 0.1) is 5.69 Å². The van der Waals surface area contributed by atoms with Gasteiger partial charge < -0.3 is 5.32 Å². The van der Waals surface area contributed by atoms with E-state index < -0.39 is 17.7 Å². The Morgan fingerprint density at radius 3 is 2.63 bits per heavy atom. The normalized spacial score (nSPS) is 10.1. The van der Waals surface area contributed by atoms with E-state index in [4.69, 9.17) is 0 Å². The predicted octanol–water partition coefficient (Wildman–Crippen LogP) is 3.31. The maximum absolute atomic E-state index is 13.3. The molecular formula is C13H11F2N3O. The number of aromatic nitrogens is 1.